The highest BCUT2D eigenvalue weighted by Crippen LogP contribution is 2.22. The molecule has 0 spiro atoms. The smallest absolute Gasteiger partial charge is 0.243 e. The van der Waals surface area contributed by atoms with Crippen molar-refractivity contribution in [2.45, 2.75) is 13.3 Å². The molecule has 1 N–H and O–H groups in total. The van der Waals surface area contributed by atoms with Gasteiger partial charge in [0, 0.05) is 12.6 Å². The minimum absolute atomic E-state index is 0.104. The number of nitrogens with one attached hydrogen (secondary N) is 1. The predicted octanol–water partition coefficient (Wildman–Crippen LogP) is 3.53. The standard InChI is InChI=1S/C12H13Cl2NO/c1-2-7-15-12(16)6-4-9-3-5-10(13)11(14)8-9/h3-6,8H,2,7H2,1H3,(H,15,16)/b6-4+. The number of carbonyl (C=O) groups excluding carboxylic acids is 1. The van der Waals surface area contributed by atoms with E-state index in [1.807, 2.05) is 6.92 Å². The number of carbonyl (C=O) groups is 1. The Hall–Kier alpha value is -0.990. The molecule has 0 atom stereocenters. The first kappa shape index (κ1) is 13.1. The molecular weight excluding hydrogens is 245 g/mol. The lowest BCUT2D eigenvalue weighted by atomic mass is 10.2. The zero-order valence-corrected chi connectivity index (χ0v) is 10.5. The number of rotatable bonds is 4. The number of hydrogen-bond acceptors (Lipinski definition) is 1. The van der Waals surface area contributed by atoms with E-state index in [2.05, 4.69) is 5.32 Å². The third-order valence-corrected chi connectivity index (χ3v) is 2.66. The molecule has 2 nitrogen and oxygen atoms in total. The zero-order valence-electron chi connectivity index (χ0n) is 8.97. The summed E-state index contributed by atoms with van der Waals surface area (Å²) in [7, 11) is 0. The first-order chi connectivity index (χ1) is 7.63. The van der Waals surface area contributed by atoms with Gasteiger partial charge in [-0.25, -0.2) is 0 Å². The molecule has 0 saturated heterocycles. The van der Waals surface area contributed by atoms with Crippen LogP contribution in [-0.2, 0) is 4.79 Å². The van der Waals surface area contributed by atoms with Gasteiger partial charge in [0.25, 0.3) is 0 Å². The Balaban J connectivity index is 2.62. The summed E-state index contributed by atoms with van der Waals surface area (Å²) in [5.74, 6) is -0.104. The average molecular weight is 258 g/mol. The largest absolute Gasteiger partial charge is 0.353 e. The fraction of sp³-hybridized carbons (Fsp3) is 0.250. The van der Waals surface area contributed by atoms with Crippen LogP contribution in [0.25, 0.3) is 6.08 Å². The summed E-state index contributed by atoms with van der Waals surface area (Å²) in [6.07, 6.45) is 4.11. The predicted molar refractivity (Wildman–Crippen MR) is 68.8 cm³/mol. The van der Waals surface area contributed by atoms with Gasteiger partial charge in [0.2, 0.25) is 5.91 Å². The SMILES string of the molecule is CCCNC(=O)/C=C/c1ccc(Cl)c(Cl)c1. The minimum atomic E-state index is -0.104. The maximum Gasteiger partial charge on any atom is 0.243 e. The van der Waals surface area contributed by atoms with E-state index in [0.29, 0.717) is 16.6 Å². The van der Waals surface area contributed by atoms with Gasteiger partial charge in [-0.3, -0.25) is 4.79 Å². The topological polar surface area (TPSA) is 29.1 Å². The molecule has 0 saturated carbocycles. The average Bonchev–Trinajstić information content (AvgIpc) is 2.28. The molecule has 0 fully saturated rings. The third kappa shape index (κ3) is 4.25. The van der Waals surface area contributed by atoms with Crippen molar-refractivity contribution < 1.29 is 4.79 Å². The molecule has 1 rings (SSSR count). The van der Waals surface area contributed by atoms with E-state index >= 15 is 0 Å². The van der Waals surface area contributed by atoms with Gasteiger partial charge in [0.1, 0.15) is 0 Å². The van der Waals surface area contributed by atoms with Crippen LogP contribution in [0.15, 0.2) is 24.3 Å². The molecule has 86 valence electrons. The van der Waals surface area contributed by atoms with E-state index in [4.69, 9.17) is 23.2 Å². The van der Waals surface area contributed by atoms with Crippen LogP contribution in [0, 0.1) is 0 Å². The summed E-state index contributed by atoms with van der Waals surface area (Å²) in [6.45, 7) is 2.69. The molecule has 4 heteroatoms. The Kier molecular flexibility index (Phi) is 5.36. The number of amides is 1. The van der Waals surface area contributed by atoms with Crippen molar-refractivity contribution in [2.24, 2.45) is 0 Å². The molecule has 16 heavy (non-hydrogen) atoms. The van der Waals surface area contributed by atoms with Gasteiger partial charge in [-0.05, 0) is 30.2 Å². The quantitative estimate of drug-likeness (QED) is 0.822. The molecule has 1 aromatic rings. The Bertz CT molecular complexity index is 402. The number of benzene rings is 1. The van der Waals surface area contributed by atoms with Crippen LogP contribution in [0.3, 0.4) is 0 Å². The Morgan fingerprint density at radius 1 is 1.38 bits per heavy atom. The molecule has 1 aromatic carbocycles. The van der Waals surface area contributed by atoms with Crippen LogP contribution in [0.5, 0.6) is 0 Å². The highest BCUT2D eigenvalue weighted by molar-refractivity contribution is 6.42. The van der Waals surface area contributed by atoms with Crippen molar-refractivity contribution in [2.75, 3.05) is 6.54 Å². The fourth-order valence-corrected chi connectivity index (χ4v) is 1.40. The molecule has 0 aliphatic carbocycles. The number of hydrogen-bond donors (Lipinski definition) is 1. The zero-order chi connectivity index (χ0) is 12.0. The molecule has 0 aliphatic rings. The molecule has 0 aromatic heterocycles. The van der Waals surface area contributed by atoms with E-state index in [9.17, 15) is 4.79 Å². The summed E-state index contributed by atoms with van der Waals surface area (Å²) in [4.78, 5) is 11.3. The highest BCUT2D eigenvalue weighted by atomic mass is 35.5. The van der Waals surface area contributed by atoms with E-state index in [0.717, 1.165) is 12.0 Å². The van der Waals surface area contributed by atoms with Crippen LogP contribution < -0.4 is 5.32 Å². The van der Waals surface area contributed by atoms with Crippen LogP contribution >= 0.6 is 23.2 Å². The van der Waals surface area contributed by atoms with E-state index in [1.54, 1.807) is 24.3 Å². The van der Waals surface area contributed by atoms with Crippen LogP contribution in [-0.4, -0.2) is 12.5 Å². The van der Waals surface area contributed by atoms with Crippen molar-refractivity contribution in [3.8, 4) is 0 Å². The summed E-state index contributed by atoms with van der Waals surface area (Å²) in [5, 5.41) is 3.74. The van der Waals surface area contributed by atoms with Gasteiger partial charge >= 0.3 is 0 Å². The molecule has 0 aliphatic heterocycles. The Morgan fingerprint density at radius 3 is 2.75 bits per heavy atom. The molecule has 0 radical (unpaired) electrons. The molecule has 0 unspecified atom stereocenters. The molecule has 1 amide bonds. The third-order valence-electron chi connectivity index (χ3n) is 1.92. The minimum Gasteiger partial charge on any atom is -0.353 e. The summed E-state index contributed by atoms with van der Waals surface area (Å²) in [5.41, 5.74) is 0.848. The second kappa shape index (κ2) is 6.56. The van der Waals surface area contributed by atoms with Crippen LogP contribution in [0.1, 0.15) is 18.9 Å². The maximum atomic E-state index is 11.3. The van der Waals surface area contributed by atoms with Crippen molar-refractivity contribution in [3.05, 3.63) is 39.9 Å². The molecule has 0 bridgehead atoms. The lowest BCUT2D eigenvalue weighted by Crippen LogP contribution is -2.21. The van der Waals surface area contributed by atoms with Crippen molar-refractivity contribution in [3.63, 3.8) is 0 Å². The van der Waals surface area contributed by atoms with Crippen molar-refractivity contribution in [1.82, 2.24) is 5.32 Å². The van der Waals surface area contributed by atoms with Gasteiger partial charge < -0.3 is 5.32 Å². The lowest BCUT2D eigenvalue weighted by Gasteiger charge is -1.99. The van der Waals surface area contributed by atoms with E-state index < -0.39 is 0 Å². The molecular formula is C12H13Cl2NO. The lowest BCUT2D eigenvalue weighted by molar-refractivity contribution is -0.116. The summed E-state index contributed by atoms with van der Waals surface area (Å²) < 4.78 is 0. The van der Waals surface area contributed by atoms with Gasteiger partial charge in [-0.1, -0.05) is 36.2 Å². The highest BCUT2D eigenvalue weighted by Gasteiger charge is 1.97. The van der Waals surface area contributed by atoms with Crippen LogP contribution in [0.4, 0.5) is 0 Å². The second-order valence-electron chi connectivity index (χ2n) is 3.30. The first-order valence-corrected chi connectivity index (χ1v) is 5.80. The Labute approximate surface area is 105 Å². The van der Waals surface area contributed by atoms with E-state index in [1.165, 1.54) is 6.08 Å². The van der Waals surface area contributed by atoms with Gasteiger partial charge in [0.15, 0.2) is 0 Å². The normalized spacial score (nSPS) is 10.7. The summed E-state index contributed by atoms with van der Waals surface area (Å²) in [6, 6.07) is 5.22. The second-order valence-corrected chi connectivity index (χ2v) is 4.11. The fourth-order valence-electron chi connectivity index (χ4n) is 1.10. The van der Waals surface area contributed by atoms with Crippen LogP contribution in [0.2, 0.25) is 10.0 Å². The summed E-state index contributed by atoms with van der Waals surface area (Å²) >= 11 is 11.6. The van der Waals surface area contributed by atoms with Crippen molar-refractivity contribution in [1.29, 1.82) is 0 Å². The monoisotopic (exact) mass is 257 g/mol. The van der Waals surface area contributed by atoms with E-state index in [-0.39, 0.29) is 5.91 Å². The van der Waals surface area contributed by atoms with Gasteiger partial charge in [-0.2, -0.15) is 0 Å². The first-order valence-electron chi connectivity index (χ1n) is 5.04. The van der Waals surface area contributed by atoms with Crippen molar-refractivity contribution >= 4 is 35.2 Å². The number of halogens is 2. The maximum absolute atomic E-state index is 11.3. The Morgan fingerprint density at radius 2 is 2.12 bits per heavy atom. The molecule has 0 heterocycles. The van der Waals surface area contributed by atoms with Gasteiger partial charge in [0.05, 0.1) is 10.0 Å². The van der Waals surface area contributed by atoms with Gasteiger partial charge in [-0.15, -0.1) is 0 Å².